The summed E-state index contributed by atoms with van der Waals surface area (Å²) in [7, 11) is -3.42. The van der Waals surface area contributed by atoms with Gasteiger partial charge >= 0.3 is 0 Å². The molecule has 0 aliphatic rings. The van der Waals surface area contributed by atoms with E-state index in [1.165, 1.54) is 4.31 Å². The number of benzene rings is 1. The van der Waals surface area contributed by atoms with Gasteiger partial charge in [-0.25, -0.2) is 25.9 Å². The fourth-order valence-corrected chi connectivity index (χ4v) is 2.75. The number of carbonyl (C=O) groups is 1. The number of nitrogens with zero attached hydrogens (tertiary/aromatic N) is 1. The van der Waals surface area contributed by atoms with Crippen LogP contribution in [-0.4, -0.2) is 44.5 Å². The molecular weight excluding hydrogens is 333 g/mol. The van der Waals surface area contributed by atoms with Crippen molar-refractivity contribution in [3.8, 4) is 0 Å². The molecule has 0 unspecified atom stereocenters. The predicted molar refractivity (Wildman–Crippen MR) is 80.0 cm³/mol. The number of sulfonamides is 1. The van der Waals surface area contributed by atoms with Crippen molar-refractivity contribution in [1.82, 2.24) is 9.62 Å². The van der Waals surface area contributed by atoms with Crippen molar-refractivity contribution in [2.24, 2.45) is 0 Å². The van der Waals surface area contributed by atoms with Crippen LogP contribution in [0.3, 0.4) is 0 Å². The molecule has 1 amide bonds. The Balaban J connectivity index is 2.67. The summed E-state index contributed by atoms with van der Waals surface area (Å²) in [6, 6.07) is 1.48. The monoisotopic (exact) mass is 352 g/mol. The van der Waals surface area contributed by atoms with Crippen LogP contribution in [0.4, 0.5) is 13.2 Å². The molecule has 23 heavy (non-hydrogen) atoms. The topological polar surface area (TPSA) is 66.5 Å². The first-order valence-corrected chi connectivity index (χ1v) is 8.90. The summed E-state index contributed by atoms with van der Waals surface area (Å²) in [5.74, 6) is -5.63. The Morgan fingerprint density at radius 1 is 1.17 bits per heavy atom. The Bertz CT molecular complexity index is 665. The third-order valence-electron chi connectivity index (χ3n) is 3.16. The highest BCUT2D eigenvalue weighted by atomic mass is 32.2. The first kappa shape index (κ1) is 19.4. The Labute approximate surface area is 133 Å². The van der Waals surface area contributed by atoms with Gasteiger partial charge in [-0.1, -0.05) is 13.3 Å². The normalized spacial score (nSPS) is 11.7. The van der Waals surface area contributed by atoms with E-state index in [9.17, 15) is 26.4 Å². The average molecular weight is 352 g/mol. The SMILES string of the molecule is CCCCN(CCNC(=O)c1ccc(F)c(F)c1F)S(C)(=O)=O. The highest BCUT2D eigenvalue weighted by molar-refractivity contribution is 7.88. The number of carbonyl (C=O) groups excluding carboxylic acids is 1. The van der Waals surface area contributed by atoms with Gasteiger partial charge in [0.2, 0.25) is 10.0 Å². The molecule has 130 valence electrons. The molecule has 0 saturated carbocycles. The summed E-state index contributed by atoms with van der Waals surface area (Å²) in [4.78, 5) is 11.8. The van der Waals surface area contributed by atoms with Crippen molar-refractivity contribution < 1.29 is 26.4 Å². The van der Waals surface area contributed by atoms with Gasteiger partial charge in [0.1, 0.15) is 0 Å². The Morgan fingerprint density at radius 3 is 2.39 bits per heavy atom. The van der Waals surface area contributed by atoms with Crippen LogP contribution in [0.5, 0.6) is 0 Å². The van der Waals surface area contributed by atoms with Gasteiger partial charge in [-0.3, -0.25) is 4.79 Å². The first-order valence-electron chi connectivity index (χ1n) is 7.05. The molecule has 0 bridgehead atoms. The van der Waals surface area contributed by atoms with Gasteiger partial charge in [-0.2, -0.15) is 0 Å². The number of hydrogen-bond acceptors (Lipinski definition) is 3. The van der Waals surface area contributed by atoms with E-state index in [4.69, 9.17) is 0 Å². The molecule has 0 aliphatic carbocycles. The van der Waals surface area contributed by atoms with E-state index in [1.54, 1.807) is 0 Å². The van der Waals surface area contributed by atoms with Crippen molar-refractivity contribution in [2.75, 3.05) is 25.9 Å². The van der Waals surface area contributed by atoms with Crippen LogP contribution in [0.2, 0.25) is 0 Å². The molecular formula is C14H19F3N2O3S. The third-order valence-corrected chi connectivity index (χ3v) is 4.46. The van der Waals surface area contributed by atoms with Gasteiger partial charge in [0.25, 0.3) is 5.91 Å². The molecule has 1 aromatic rings. The zero-order valence-corrected chi connectivity index (χ0v) is 13.7. The van der Waals surface area contributed by atoms with Crippen LogP contribution in [0.25, 0.3) is 0 Å². The van der Waals surface area contributed by atoms with Gasteiger partial charge in [0, 0.05) is 19.6 Å². The number of hydrogen-bond donors (Lipinski definition) is 1. The molecule has 5 nitrogen and oxygen atoms in total. The lowest BCUT2D eigenvalue weighted by atomic mass is 10.2. The van der Waals surface area contributed by atoms with Crippen LogP contribution in [0, 0.1) is 17.5 Å². The standard InChI is InChI=1S/C14H19F3N2O3S/c1-3-4-8-19(23(2,21)22)9-7-18-14(20)10-5-6-11(15)13(17)12(10)16/h5-6H,3-4,7-9H2,1-2H3,(H,18,20). The molecule has 1 rings (SSSR count). The summed E-state index contributed by atoms with van der Waals surface area (Å²) in [6.07, 6.45) is 2.52. The minimum absolute atomic E-state index is 0.00979. The zero-order chi connectivity index (χ0) is 17.6. The fraction of sp³-hybridized carbons (Fsp3) is 0.500. The maximum Gasteiger partial charge on any atom is 0.254 e. The molecule has 0 radical (unpaired) electrons. The lowest BCUT2D eigenvalue weighted by molar-refractivity contribution is 0.0946. The van der Waals surface area contributed by atoms with E-state index in [2.05, 4.69) is 5.32 Å². The minimum Gasteiger partial charge on any atom is -0.351 e. The van der Waals surface area contributed by atoms with E-state index in [-0.39, 0.29) is 13.1 Å². The summed E-state index contributed by atoms with van der Waals surface area (Å²) in [5.41, 5.74) is -0.636. The Kier molecular flexibility index (Phi) is 7.01. The molecule has 0 saturated heterocycles. The van der Waals surface area contributed by atoms with Crippen molar-refractivity contribution in [2.45, 2.75) is 19.8 Å². The number of halogens is 3. The molecule has 0 fully saturated rings. The third kappa shape index (κ3) is 5.51. The zero-order valence-electron chi connectivity index (χ0n) is 12.9. The second-order valence-corrected chi connectivity index (χ2v) is 6.98. The molecule has 9 heteroatoms. The molecule has 0 aliphatic heterocycles. The largest absolute Gasteiger partial charge is 0.351 e. The number of rotatable bonds is 8. The molecule has 1 N–H and O–H groups in total. The van der Waals surface area contributed by atoms with Crippen LogP contribution in [0.1, 0.15) is 30.1 Å². The van der Waals surface area contributed by atoms with Crippen molar-refractivity contribution in [1.29, 1.82) is 0 Å². The summed E-state index contributed by atoms with van der Waals surface area (Å²) in [6.45, 7) is 2.16. The van der Waals surface area contributed by atoms with E-state index < -0.39 is 38.9 Å². The maximum absolute atomic E-state index is 13.5. The minimum atomic E-state index is -3.42. The van der Waals surface area contributed by atoms with E-state index in [0.717, 1.165) is 18.7 Å². The van der Waals surface area contributed by atoms with Gasteiger partial charge in [0.15, 0.2) is 17.5 Å². The van der Waals surface area contributed by atoms with E-state index >= 15 is 0 Å². The quantitative estimate of drug-likeness (QED) is 0.727. The van der Waals surface area contributed by atoms with E-state index in [0.29, 0.717) is 19.0 Å². The predicted octanol–water partition coefficient (Wildman–Crippen LogP) is 1.90. The number of unbranched alkanes of at least 4 members (excludes halogenated alkanes) is 1. The second kappa shape index (κ2) is 8.30. The van der Waals surface area contributed by atoms with Gasteiger partial charge in [0.05, 0.1) is 11.8 Å². The Hall–Kier alpha value is -1.61. The number of amides is 1. The van der Waals surface area contributed by atoms with Crippen molar-refractivity contribution in [3.63, 3.8) is 0 Å². The lowest BCUT2D eigenvalue weighted by Crippen LogP contribution is -2.38. The van der Waals surface area contributed by atoms with Crippen LogP contribution in [-0.2, 0) is 10.0 Å². The lowest BCUT2D eigenvalue weighted by Gasteiger charge is -2.19. The highest BCUT2D eigenvalue weighted by Gasteiger charge is 2.20. The molecule has 0 aromatic heterocycles. The van der Waals surface area contributed by atoms with Crippen LogP contribution < -0.4 is 5.32 Å². The molecule has 0 spiro atoms. The second-order valence-electron chi connectivity index (χ2n) is 4.99. The van der Waals surface area contributed by atoms with E-state index in [1.807, 2.05) is 6.92 Å². The summed E-state index contributed by atoms with van der Waals surface area (Å²) >= 11 is 0. The van der Waals surface area contributed by atoms with Gasteiger partial charge in [-0.15, -0.1) is 0 Å². The van der Waals surface area contributed by atoms with Crippen molar-refractivity contribution in [3.05, 3.63) is 35.1 Å². The summed E-state index contributed by atoms with van der Waals surface area (Å²) < 4.78 is 63.7. The first-order chi connectivity index (χ1) is 10.7. The van der Waals surface area contributed by atoms with Crippen molar-refractivity contribution >= 4 is 15.9 Å². The smallest absolute Gasteiger partial charge is 0.254 e. The molecule has 0 heterocycles. The summed E-state index contributed by atoms with van der Waals surface area (Å²) in [5, 5.41) is 2.29. The highest BCUT2D eigenvalue weighted by Crippen LogP contribution is 2.14. The molecule has 1 aromatic carbocycles. The molecule has 0 atom stereocenters. The van der Waals surface area contributed by atoms with Crippen LogP contribution in [0.15, 0.2) is 12.1 Å². The average Bonchev–Trinajstić information content (AvgIpc) is 2.47. The maximum atomic E-state index is 13.5. The van der Waals surface area contributed by atoms with Gasteiger partial charge in [-0.05, 0) is 18.6 Å². The Morgan fingerprint density at radius 2 is 1.83 bits per heavy atom. The fourth-order valence-electron chi connectivity index (χ4n) is 1.87. The number of nitrogens with one attached hydrogen (secondary N) is 1. The van der Waals surface area contributed by atoms with Gasteiger partial charge < -0.3 is 5.32 Å². The van der Waals surface area contributed by atoms with Crippen LogP contribution >= 0.6 is 0 Å².